The lowest BCUT2D eigenvalue weighted by molar-refractivity contribution is -0.133. The average Bonchev–Trinajstić information content (AvgIpc) is 3.44. The number of hydrogen-bond acceptors (Lipinski definition) is 6. The first-order chi connectivity index (χ1) is 20.8. The Bertz CT molecular complexity index is 1230. The van der Waals surface area contributed by atoms with Crippen LogP contribution in [0, 0.1) is 29.0 Å². The molecule has 0 aliphatic carbocycles. The van der Waals surface area contributed by atoms with Gasteiger partial charge in [-0.2, -0.15) is 10.3 Å². The second-order valence-electron chi connectivity index (χ2n) is 12.9. The van der Waals surface area contributed by atoms with E-state index in [1.165, 1.54) is 11.0 Å². The van der Waals surface area contributed by atoms with Crippen molar-refractivity contribution < 1.29 is 28.2 Å². The maximum atomic E-state index is 15.2. The second-order valence-corrected chi connectivity index (χ2v) is 12.9. The highest BCUT2D eigenvalue weighted by molar-refractivity contribution is 5.93. The highest BCUT2D eigenvalue weighted by atomic mass is 19.1. The lowest BCUT2D eigenvalue weighted by Gasteiger charge is -2.30. The molecule has 11 nitrogen and oxygen atoms in total. The van der Waals surface area contributed by atoms with Crippen LogP contribution in [-0.4, -0.2) is 77.6 Å². The summed E-state index contributed by atoms with van der Waals surface area (Å²) in [7, 11) is 0. The summed E-state index contributed by atoms with van der Waals surface area (Å²) < 4.78 is 26.3. The van der Waals surface area contributed by atoms with Gasteiger partial charge in [0.15, 0.2) is 0 Å². The van der Waals surface area contributed by atoms with E-state index in [1.807, 2.05) is 13.8 Å². The predicted octanol–water partition coefficient (Wildman–Crippen LogP) is 4.78. The van der Waals surface area contributed by atoms with Crippen molar-refractivity contribution in [2.45, 2.75) is 97.2 Å². The highest BCUT2D eigenvalue weighted by Crippen LogP contribution is 2.24. The van der Waals surface area contributed by atoms with E-state index in [0.29, 0.717) is 56.6 Å². The number of benzene rings is 1. The molecule has 2 aliphatic heterocycles. The summed E-state index contributed by atoms with van der Waals surface area (Å²) in [4.78, 5) is 45.4. The summed E-state index contributed by atoms with van der Waals surface area (Å²) in [6.07, 6.45) is 3.84. The first-order valence-electron chi connectivity index (χ1n) is 15.5. The zero-order chi connectivity index (χ0) is 32.4. The number of amides is 4. The van der Waals surface area contributed by atoms with Gasteiger partial charge in [0.25, 0.3) is 0 Å². The first kappa shape index (κ1) is 34.6. The van der Waals surface area contributed by atoms with Gasteiger partial charge >= 0.3 is 12.1 Å². The fourth-order valence-electron chi connectivity index (χ4n) is 5.30. The van der Waals surface area contributed by atoms with Gasteiger partial charge in [0, 0.05) is 38.0 Å². The molecule has 44 heavy (non-hydrogen) atoms. The number of nitrogens with two attached hydrogens (primary N) is 1. The molecule has 3 rings (SSSR count). The number of hydrogen-bond donors (Lipinski definition) is 2. The summed E-state index contributed by atoms with van der Waals surface area (Å²) in [5.74, 6) is 0.224. The van der Waals surface area contributed by atoms with E-state index in [4.69, 9.17) is 15.2 Å². The van der Waals surface area contributed by atoms with E-state index in [-0.39, 0.29) is 23.9 Å². The summed E-state index contributed by atoms with van der Waals surface area (Å²) in [5.41, 5.74) is 5.28. The maximum Gasteiger partial charge on any atom is 0.408 e. The van der Waals surface area contributed by atoms with Crippen LogP contribution in [0.15, 0.2) is 23.2 Å². The third kappa shape index (κ3) is 10.4. The van der Waals surface area contributed by atoms with Crippen molar-refractivity contribution in [3.05, 3.63) is 29.6 Å². The summed E-state index contributed by atoms with van der Waals surface area (Å²) in [5, 5.41) is 12.0. The lowest BCUT2D eigenvalue weighted by atomic mass is 9.92. The number of nitrogens with zero attached hydrogens (tertiary/aromatic N) is 4. The first-order valence-corrected chi connectivity index (χ1v) is 15.5. The van der Waals surface area contributed by atoms with E-state index in [1.54, 1.807) is 37.8 Å². The van der Waals surface area contributed by atoms with E-state index in [9.17, 15) is 19.6 Å². The monoisotopic (exact) mass is 614 g/mol. The van der Waals surface area contributed by atoms with Crippen molar-refractivity contribution in [2.75, 3.05) is 26.2 Å². The van der Waals surface area contributed by atoms with Gasteiger partial charge in [0.2, 0.25) is 5.91 Å². The number of urea groups is 1. The molecule has 0 radical (unpaired) electrons. The average molecular weight is 615 g/mol. The molecule has 2 saturated heterocycles. The smallest absolute Gasteiger partial charge is 0.408 e. The molecule has 1 aromatic carbocycles. The maximum absolute atomic E-state index is 15.2. The van der Waals surface area contributed by atoms with Crippen LogP contribution >= 0.6 is 0 Å². The number of rotatable bonds is 10. The normalized spacial score (nSPS) is 18.6. The molecule has 2 aliphatic rings. The van der Waals surface area contributed by atoms with Gasteiger partial charge in [-0.3, -0.25) is 4.79 Å². The quantitative estimate of drug-likeness (QED) is 0.219. The fourth-order valence-corrected chi connectivity index (χ4v) is 5.30. The Morgan fingerprint density at radius 3 is 2.50 bits per heavy atom. The molecule has 2 heterocycles. The molecule has 3 N–H and O–H groups in total. The Morgan fingerprint density at radius 1 is 1.18 bits per heavy atom. The van der Waals surface area contributed by atoms with Crippen LogP contribution in [0.5, 0.6) is 5.75 Å². The Balaban J connectivity index is 1.51. The minimum absolute atomic E-state index is 0.0292. The van der Waals surface area contributed by atoms with Crippen molar-refractivity contribution in [3.63, 3.8) is 0 Å². The van der Waals surface area contributed by atoms with Crippen LogP contribution in [-0.2, 0) is 16.0 Å². The Kier molecular flexibility index (Phi) is 12.4. The number of likely N-dealkylation sites (tertiary alicyclic amines) is 2. The summed E-state index contributed by atoms with van der Waals surface area (Å²) in [6.45, 7) is 11.0. The molecule has 1 aromatic rings. The minimum atomic E-state index is -1.10. The van der Waals surface area contributed by atoms with Crippen molar-refractivity contribution in [3.8, 4) is 11.8 Å². The Morgan fingerprint density at radius 2 is 1.89 bits per heavy atom. The minimum Gasteiger partial charge on any atom is -0.493 e. The number of alkyl carbamates (subject to hydrolysis) is 1. The number of carbonyl (C=O) groups is 3. The number of carbonyl (C=O) groups excluding carboxylic acids is 3. The number of ether oxygens (including phenoxy) is 2. The number of nitrogens with one attached hydrogen (secondary N) is 1. The second kappa shape index (κ2) is 15.7. The number of nitriles is 1. The van der Waals surface area contributed by atoms with E-state index in [0.717, 1.165) is 25.7 Å². The van der Waals surface area contributed by atoms with E-state index >= 15 is 4.39 Å². The third-order valence-corrected chi connectivity index (χ3v) is 7.85. The molecule has 2 atom stereocenters. The zero-order valence-electron chi connectivity index (χ0n) is 26.6. The molecule has 0 unspecified atom stereocenters. The van der Waals surface area contributed by atoms with Gasteiger partial charge in [-0.1, -0.05) is 19.9 Å². The molecule has 0 spiro atoms. The number of halogens is 1. The number of aliphatic imine (C=N–C) groups is 1. The molecule has 242 valence electrons. The van der Waals surface area contributed by atoms with Gasteiger partial charge in [-0.05, 0) is 76.8 Å². The predicted molar refractivity (Wildman–Crippen MR) is 164 cm³/mol. The van der Waals surface area contributed by atoms with Gasteiger partial charge in [-0.15, -0.1) is 0 Å². The van der Waals surface area contributed by atoms with Crippen molar-refractivity contribution >= 4 is 23.9 Å². The van der Waals surface area contributed by atoms with Gasteiger partial charge < -0.3 is 30.3 Å². The molecule has 2 fully saturated rings. The lowest BCUT2D eigenvalue weighted by Crippen LogP contribution is -2.51. The molecular weight excluding hydrogens is 567 g/mol. The fraction of sp³-hybridized carbons (Fsp3) is 0.656. The van der Waals surface area contributed by atoms with Crippen LogP contribution < -0.4 is 15.8 Å². The number of amidine groups is 1. The van der Waals surface area contributed by atoms with Crippen LogP contribution in [0.3, 0.4) is 0 Å². The molecule has 4 amide bonds. The highest BCUT2D eigenvalue weighted by Gasteiger charge is 2.35. The van der Waals surface area contributed by atoms with Gasteiger partial charge in [-0.25, -0.2) is 14.0 Å². The summed E-state index contributed by atoms with van der Waals surface area (Å²) in [6, 6.07) is 4.66. The Hall–Kier alpha value is -3.88. The SMILES string of the molecule is CC(C)C(N)=NC(=O)N1CCC(CCCOc2ccc(C[C@H](NC(=O)OC(C)(C)C)C(=O)N3CCC[C@H]3C#N)c(F)c2)CC1. The zero-order valence-corrected chi connectivity index (χ0v) is 26.6. The molecule has 0 saturated carbocycles. The van der Waals surface area contributed by atoms with Crippen LogP contribution in [0.25, 0.3) is 0 Å². The molecule has 0 bridgehead atoms. The van der Waals surface area contributed by atoms with Crippen LogP contribution in [0.1, 0.15) is 78.7 Å². The van der Waals surface area contributed by atoms with Crippen molar-refractivity contribution in [1.82, 2.24) is 15.1 Å². The van der Waals surface area contributed by atoms with Gasteiger partial charge in [0.05, 0.1) is 12.7 Å². The van der Waals surface area contributed by atoms with Gasteiger partial charge in [0.1, 0.15) is 35.1 Å². The van der Waals surface area contributed by atoms with E-state index < -0.39 is 35.5 Å². The summed E-state index contributed by atoms with van der Waals surface area (Å²) >= 11 is 0. The molecule has 12 heteroatoms. The molecule has 0 aromatic heterocycles. The third-order valence-electron chi connectivity index (χ3n) is 7.85. The topological polar surface area (TPSA) is 150 Å². The van der Waals surface area contributed by atoms with Crippen molar-refractivity contribution in [1.29, 1.82) is 5.26 Å². The van der Waals surface area contributed by atoms with E-state index in [2.05, 4.69) is 16.4 Å². The molecular formula is C32H47FN6O5. The standard InChI is InChI=1S/C32H47FN6O5/c1-21(2)28(35)37-30(41)38-15-12-22(13-16-38)8-7-17-43-25-11-10-23(26(33)19-25)18-27(36-31(42)44-32(3,4)5)29(40)39-14-6-9-24(39)20-34/h10-11,19,21-22,24,27H,6-9,12-18H2,1-5H3,(H,36,42)(H2,35,37,41)/t24-,27-/m0/s1. The van der Waals surface area contributed by atoms with Crippen LogP contribution in [0.2, 0.25) is 0 Å². The Labute approximate surface area is 259 Å². The van der Waals surface area contributed by atoms with Crippen molar-refractivity contribution in [2.24, 2.45) is 22.6 Å². The number of piperidine rings is 1. The largest absolute Gasteiger partial charge is 0.493 e. The van der Waals surface area contributed by atoms with Crippen LogP contribution in [0.4, 0.5) is 14.0 Å².